The molecule has 2 saturated carbocycles. The molecule has 0 saturated heterocycles. The quantitative estimate of drug-likeness (QED) is 0.708. The van der Waals surface area contributed by atoms with E-state index in [4.69, 9.17) is 0 Å². The molecular formula is C23H31NO. The Hall–Kier alpha value is -1.28. The third kappa shape index (κ3) is 1.79. The Labute approximate surface area is 151 Å². The van der Waals surface area contributed by atoms with Gasteiger partial charge in [0.15, 0.2) is 0 Å². The number of aliphatic hydroxyl groups excluding tert-OH is 1. The van der Waals surface area contributed by atoms with Gasteiger partial charge in [-0.2, -0.15) is 0 Å². The Bertz CT molecular complexity index is 849. The zero-order valence-electron chi connectivity index (χ0n) is 16.0. The molecule has 134 valence electrons. The van der Waals surface area contributed by atoms with Crippen LogP contribution in [0, 0.1) is 22.7 Å². The van der Waals surface area contributed by atoms with E-state index in [1.54, 1.807) is 0 Å². The molecule has 0 amide bonds. The third-order valence-corrected chi connectivity index (χ3v) is 8.71. The minimum absolute atomic E-state index is 0.0354. The maximum absolute atomic E-state index is 10.7. The summed E-state index contributed by atoms with van der Waals surface area (Å²) in [5.74, 6) is 1.31. The molecule has 2 heteroatoms. The first-order valence-corrected chi connectivity index (χ1v) is 10.1. The molecule has 2 aromatic rings. The van der Waals surface area contributed by atoms with Crippen LogP contribution in [0.25, 0.3) is 10.9 Å². The van der Waals surface area contributed by atoms with Crippen LogP contribution in [0.5, 0.6) is 0 Å². The lowest BCUT2D eigenvalue weighted by Gasteiger charge is -2.62. The van der Waals surface area contributed by atoms with Gasteiger partial charge in [-0.3, -0.25) is 0 Å². The highest BCUT2D eigenvalue weighted by molar-refractivity contribution is 5.82. The van der Waals surface area contributed by atoms with Gasteiger partial charge in [0.25, 0.3) is 0 Å². The number of hydrogen-bond acceptors (Lipinski definition) is 1. The Kier molecular flexibility index (Phi) is 3.00. The van der Waals surface area contributed by atoms with E-state index in [-0.39, 0.29) is 17.1 Å². The molecule has 5 atom stereocenters. The topological polar surface area (TPSA) is 25.2 Å². The summed E-state index contributed by atoms with van der Waals surface area (Å²) in [7, 11) is 0. The molecule has 1 aromatic carbocycles. The highest BCUT2D eigenvalue weighted by Crippen LogP contribution is 2.66. The molecule has 3 aliphatic rings. The maximum atomic E-state index is 10.7. The minimum atomic E-state index is -0.143. The first kappa shape index (κ1) is 15.9. The van der Waals surface area contributed by atoms with Gasteiger partial charge in [-0.25, -0.2) is 0 Å². The van der Waals surface area contributed by atoms with Crippen molar-refractivity contribution in [1.29, 1.82) is 0 Å². The van der Waals surface area contributed by atoms with Gasteiger partial charge in [0.1, 0.15) is 0 Å². The summed E-state index contributed by atoms with van der Waals surface area (Å²) in [5, 5.41) is 12.1. The smallest absolute Gasteiger partial charge is 0.0594 e. The van der Waals surface area contributed by atoms with Crippen LogP contribution >= 0.6 is 0 Å². The SMILES string of the molecule is CC1(C)[C@@H](O)CC[C@]2(C)[C@H]3Cc4cc5ccccc5n4[C@]3(C)CC[C@@H]12. The van der Waals surface area contributed by atoms with Crippen molar-refractivity contribution in [1.82, 2.24) is 4.57 Å². The Morgan fingerprint density at radius 1 is 1.00 bits per heavy atom. The Morgan fingerprint density at radius 2 is 1.76 bits per heavy atom. The molecule has 2 aliphatic carbocycles. The molecule has 0 unspecified atom stereocenters. The van der Waals surface area contributed by atoms with Gasteiger partial charge in [0.2, 0.25) is 0 Å². The predicted octanol–water partition coefficient (Wildman–Crippen LogP) is 5.13. The van der Waals surface area contributed by atoms with Crippen LogP contribution in [-0.2, 0) is 12.0 Å². The van der Waals surface area contributed by atoms with Crippen LogP contribution in [0.2, 0.25) is 0 Å². The van der Waals surface area contributed by atoms with Gasteiger partial charge in [-0.1, -0.05) is 39.0 Å². The second-order valence-corrected chi connectivity index (χ2v) is 10.1. The molecule has 1 aromatic heterocycles. The number of benzene rings is 1. The largest absolute Gasteiger partial charge is 0.393 e. The summed E-state index contributed by atoms with van der Waals surface area (Å²) in [6, 6.07) is 11.3. The average Bonchev–Trinajstić information content (AvgIpc) is 3.07. The summed E-state index contributed by atoms with van der Waals surface area (Å²) in [5.41, 5.74) is 3.53. The molecule has 2 nitrogen and oxygen atoms in total. The molecule has 1 aliphatic heterocycles. The fourth-order valence-electron chi connectivity index (χ4n) is 7.41. The van der Waals surface area contributed by atoms with Crippen molar-refractivity contribution < 1.29 is 5.11 Å². The number of rotatable bonds is 0. The lowest BCUT2D eigenvalue weighted by atomic mass is 9.44. The van der Waals surface area contributed by atoms with E-state index < -0.39 is 0 Å². The van der Waals surface area contributed by atoms with E-state index in [0.717, 1.165) is 6.42 Å². The first-order valence-electron chi connectivity index (χ1n) is 10.1. The summed E-state index contributed by atoms with van der Waals surface area (Å²) >= 11 is 0. The highest BCUT2D eigenvalue weighted by atomic mass is 16.3. The van der Waals surface area contributed by atoms with Gasteiger partial charge in [-0.15, -0.1) is 0 Å². The standard InChI is InChI=1S/C23H31NO/c1-21(2)18-9-12-23(4)19(22(18,3)11-10-20(21)25)14-16-13-15-7-5-6-8-17(15)24(16)23/h5-8,13,18-20,25H,9-12,14H2,1-4H3/t18-,19+,20-,22-,23+/m0/s1. The van der Waals surface area contributed by atoms with Gasteiger partial charge in [0, 0.05) is 16.7 Å². The fourth-order valence-corrected chi connectivity index (χ4v) is 7.41. The molecule has 0 radical (unpaired) electrons. The van der Waals surface area contributed by atoms with E-state index in [0.29, 0.717) is 17.3 Å². The van der Waals surface area contributed by atoms with E-state index in [1.165, 1.54) is 42.3 Å². The average molecular weight is 338 g/mol. The number of para-hydroxylation sites is 1. The molecule has 1 N–H and O–H groups in total. The molecule has 5 rings (SSSR count). The van der Waals surface area contributed by atoms with Crippen molar-refractivity contribution in [2.75, 3.05) is 0 Å². The zero-order valence-corrected chi connectivity index (χ0v) is 16.0. The van der Waals surface area contributed by atoms with Crippen molar-refractivity contribution in [3.8, 4) is 0 Å². The number of nitrogens with zero attached hydrogens (tertiary/aromatic N) is 1. The van der Waals surface area contributed by atoms with Crippen LogP contribution in [0.1, 0.15) is 59.1 Å². The molecule has 0 bridgehead atoms. The second-order valence-electron chi connectivity index (χ2n) is 10.1. The summed E-state index contributed by atoms with van der Waals surface area (Å²) < 4.78 is 2.69. The number of aromatic nitrogens is 1. The van der Waals surface area contributed by atoms with Crippen LogP contribution < -0.4 is 0 Å². The highest BCUT2D eigenvalue weighted by Gasteiger charge is 2.62. The van der Waals surface area contributed by atoms with Crippen molar-refractivity contribution in [2.45, 2.75) is 71.4 Å². The van der Waals surface area contributed by atoms with Gasteiger partial charge < -0.3 is 9.67 Å². The molecule has 2 fully saturated rings. The normalized spacial score (nSPS) is 42.0. The van der Waals surface area contributed by atoms with Crippen LogP contribution in [0.4, 0.5) is 0 Å². The summed E-state index contributed by atoms with van der Waals surface area (Å²) in [6.07, 6.45) is 5.66. The molecular weight excluding hydrogens is 306 g/mol. The van der Waals surface area contributed by atoms with Gasteiger partial charge in [-0.05, 0) is 79.2 Å². The van der Waals surface area contributed by atoms with Crippen molar-refractivity contribution >= 4 is 10.9 Å². The van der Waals surface area contributed by atoms with Crippen molar-refractivity contribution in [3.63, 3.8) is 0 Å². The van der Waals surface area contributed by atoms with E-state index >= 15 is 0 Å². The van der Waals surface area contributed by atoms with E-state index in [9.17, 15) is 5.11 Å². The van der Waals surface area contributed by atoms with Crippen molar-refractivity contribution in [3.05, 3.63) is 36.0 Å². The number of aliphatic hydroxyl groups is 1. The fraction of sp³-hybridized carbons (Fsp3) is 0.652. The number of hydrogen-bond donors (Lipinski definition) is 1. The maximum Gasteiger partial charge on any atom is 0.0594 e. The summed E-state index contributed by atoms with van der Waals surface area (Å²) in [6.45, 7) is 9.68. The zero-order chi connectivity index (χ0) is 17.6. The van der Waals surface area contributed by atoms with Crippen LogP contribution in [0.15, 0.2) is 30.3 Å². The lowest BCUT2D eigenvalue weighted by molar-refractivity contribution is -0.158. The lowest BCUT2D eigenvalue weighted by Crippen LogP contribution is -2.59. The van der Waals surface area contributed by atoms with E-state index in [1.807, 2.05) is 0 Å². The van der Waals surface area contributed by atoms with E-state index in [2.05, 4.69) is 62.6 Å². The van der Waals surface area contributed by atoms with Gasteiger partial charge in [0.05, 0.1) is 6.10 Å². The second kappa shape index (κ2) is 4.71. The third-order valence-electron chi connectivity index (χ3n) is 8.71. The number of fused-ring (bicyclic) bond motifs is 7. The van der Waals surface area contributed by atoms with Gasteiger partial charge >= 0.3 is 0 Å². The van der Waals surface area contributed by atoms with Crippen molar-refractivity contribution in [2.24, 2.45) is 22.7 Å². The van der Waals surface area contributed by atoms with Crippen LogP contribution in [-0.4, -0.2) is 15.8 Å². The predicted molar refractivity (Wildman–Crippen MR) is 103 cm³/mol. The summed E-state index contributed by atoms with van der Waals surface area (Å²) in [4.78, 5) is 0. The Morgan fingerprint density at radius 3 is 2.56 bits per heavy atom. The monoisotopic (exact) mass is 337 g/mol. The minimum Gasteiger partial charge on any atom is -0.393 e. The Balaban J connectivity index is 1.65. The molecule has 2 heterocycles. The first-order chi connectivity index (χ1) is 11.8. The molecule has 25 heavy (non-hydrogen) atoms. The molecule has 0 spiro atoms. The van der Waals surface area contributed by atoms with Crippen LogP contribution in [0.3, 0.4) is 0 Å².